The number of benzene rings is 2. The lowest BCUT2D eigenvalue weighted by Crippen LogP contribution is -2.36. The molecule has 1 fully saturated rings. The largest absolute Gasteiger partial charge is 0.493 e. The van der Waals surface area contributed by atoms with Crippen LogP contribution in [0.3, 0.4) is 0 Å². The lowest BCUT2D eigenvalue weighted by atomic mass is 9.75. The highest BCUT2D eigenvalue weighted by Crippen LogP contribution is 2.52. The highest BCUT2D eigenvalue weighted by Gasteiger charge is 2.42. The van der Waals surface area contributed by atoms with Gasteiger partial charge in [-0.2, -0.15) is 0 Å². The first-order chi connectivity index (χ1) is 15.4. The molecule has 1 aliphatic carbocycles. The monoisotopic (exact) mass is 456 g/mol. The molecule has 32 heavy (non-hydrogen) atoms. The van der Waals surface area contributed by atoms with Crippen LogP contribution in [0.1, 0.15) is 54.9 Å². The lowest BCUT2D eigenvalue weighted by Gasteiger charge is -2.43. The van der Waals surface area contributed by atoms with Gasteiger partial charge < -0.3 is 19.3 Å². The summed E-state index contributed by atoms with van der Waals surface area (Å²) in [6.07, 6.45) is 3.67. The number of carbonyl (C=O) groups is 1. The number of methoxy groups -OCH3 is 1. The molecule has 2 aromatic carbocycles. The number of carboxylic acid groups (broad SMARTS) is 1. The third-order valence-corrected chi connectivity index (χ3v) is 6.80. The van der Waals surface area contributed by atoms with Gasteiger partial charge in [-0.1, -0.05) is 48.0 Å². The van der Waals surface area contributed by atoms with Crippen LogP contribution in [-0.4, -0.2) is 30.9 Å². The molecule has 4 atom stereocenters. The predicted octanol–water partition coefficient (Wildman–Crippen LogP) is 5.95. The van der Waals surface area contributed by atoms with Crippen LogP contribution in [0.15, 0.2) is 48.6 Å². The predicted molar refractivity (Wildman–Crippen MR) is 124 cm³/mol. The Balaban J connectivity index is 1.76. The Hall–Kier alpha value is -2.50. The molecule has 0 aromatic heterocycles. The highest BCUT2D eigenvalue weighted by atomic mass is 35.5. The van der Waals surface area contributed by atoms with Gasteiger partial charge >= 0.3 is 5.97 Å². The molecule has 170 valence electrons. The van der Waals surface area contributed by atoms with Crippen LogP contribution in [0.4, 0.5) is 0 Å². The van der Waals surface area contributed by atoms with E-state index in [4.69, 9.17) is 25.8 Å². The smallest absolute Gasteiger partial charge is 0.341 e. The molecule has 6 heteroatoms. The van der Waals surface area contributed by atoms with E-state index in [1.165, 1.54) is 18.2 Å². The molecule has 1 aliphatic heterocycles. The fourth-order valence-electron chi connectivity index (χ4n) is 5.13. The van der Waals surface area contributed by atoms with E-state index in [-0.39, 0.29) is 24.0 Å². The number of carboxylic acids is 1. The topological polar surface area (TPSA) is 65.0 Å². The molecule has 0 saturated carbocycles. The van der Waals surface area contributed by atoms with Crippen molar-refractivity contribution in [3.05, 3.63) is 70.3 Å². The van der Waals surface area contributed by atoms with Crippen molar-refractivity contribution in [2.24, 2.45) is 5.92 Å². The summed E-state index contributed by atoms with van der Waals surface area (Å²) in [5, 5.41) is 9.66. The summed E-state index contributed by atoms with van der Waals surface area (Å²) in [6, 6.07) is 12.1. The van der Waals surface area contributed by atoms with Gasteiger partial charge in [-0.15, -0.1) is 0 Å². The van der Waals surface area contributed by atoms with E-state index in [1.54, 1.807) is 12.1 Å². The molecular weight excluding hydrogens is 428 g/mol. The Morgan fingerprint density at radius 1 is 1.28 bits per heavy atom. The molecule has 0 amide bonds. The third kappa shape index (κ3) is 4.50. The number of ether oxygens (including phenoxy) is 3. The molecule has 1 heterocycles. The van der Waals surface area contributed by atoms with Crippen molar-refractivity contribution < 1.29 is 24.1 Å². The fraction of sp³-hybridized carbons (Fsp3) is 0.423. The minimum atomic E-state index is -1.06. The summed E-state index contributed by atoms with van der Waals surface area (Å²) in [7, 11) is 1.51. The van der Waals surface area contributed by atoms with Gasteiger partial charge in [0.2, 0.25) is 0 Å². The zero-order valence-electron chi connectivity index (χ0n) is 18.5. The van der Waals surface area contributed by atoms with Gasteiger partial charge in [0.1, 0.15) is 0 Å². The second-order valence-electron chi connectivity index (χ2n) is 8.69. The van der Waals surface area contributed by atoms with E-state index in [1.807, 2.05) is 6.92 Å². The summed E-state index contributed by atoms with van der Waals surface area (Å²) in [5.74, 6) is 0.0115. The van der Waals surface area contributed by atoms with Crippen molar-refractivity contribution in [3.8, 4) is 11.5 Å². The first-order valence-corrected chi connectivity index (χ1v) is 11.4. The Bertz CT molecular complexity index is 1020. The summed E-state index contributed by atoms with van der Waals surface area (Å²) in [4.78, 5) is 11.2. The van der Waals surface area contributed by atoms with Crippen LogP contribution in [0.2, 0.25) is 5.02 Å². The van der Waals surface area contributed by atoms with Gasteiger partial charge in [-0.25, -0.2) is 4.79 Å². The van der Waals surface area contributed by atoms with E-state index in [0.717, 1.165) is 31.3 Å². The molecule has 2 aromatic rings. The SMILES string of the molecule is C=C(C)[C@@H]1C[C@@H]2c3ccccc3CCC[C@@H]2O[C@@H]1c1cc(Cl)cc(OC)c1OCC(=O)O. The van der Waals surface area contributed by atoms with Crippen LogP contribution in [-0.2, 0) is 16.0 Å². The average Bonchev–Trinajstić information content (AvgIpc) is 2.95. The standard InChI is InChI=1S/C26H29ClO5/c1-15(2)19-13-20-18-9-5-4-7-16(18)8-6-10-22(20)32-25(19)21-11-17(27)12-23(30-3)26(21)31-14-24(28)29/h4-5,7,9,11-12,19-20,22,25H,1,6,8,10,13-14H2,2-3H3,(H,28,29)/t19-,20+,22-,25-/m0/s1. The van der Waals surface area contributed by atoms with Gasteiger partial charge in [0.25, 0.3) is 0 Å². The second-order valence-corrected chi connectivity index (χ2v) is 9.13. The Kier molecular flexibility index (Phi) is 6.77. The Morgan fingerprint density at radius 3 is 2.78 bits per heavy atom. The number of aliphatic carboxylic acids is 1. The van der Waals surface area contributed by atoms with Crippen LogP contribution in [0, 0.1) is 5.92 Å². The van der Waals surface area contributed by atoms with E-state index in [2.05, 4.69) is 30.8 Å². The second kappa shape index (κ2) is 9.55. The lowest BCUT2D eigenvalue weighted by molar-refractivity contribution is -0.139. The van der Waals surface area contributed by atoms with Crippen molar-refractivity contribution in [3.63, 3.8) is 0 Å². The van der Waals surface area contributed by atoms with Crippen molar-refractivity contribution in [2.75, 3.05) is 13.7 Å². The van der Waals surface area contributed by atoms with Crippen molar-refractivity contribution in [2.45, 2.75) is 50.7 Å². The average molecular weight is 457 g/mol. The zero-order chi connectivity index (χ0) is 22.8. The van der Waals surface area contributed by atoms with Crippen LogP contribution in [0.25, 0.3) is 0 Å². The maximum absolute atomic E-state index is 11.2. The van der Waals surface area contributed by atoms with Crippen molar-refractivity contribution in [1.29, 1.82) is 0 Å². The van der Waals surface area contributed by atoms with Gasteiger partial charge in [-0.3, -0.25) is 0 Å². The van der Waals surface area contributed by atoms with Gasteiger partial charge in [-0.05, 0) is 49.8 Å². The van der Waals surface area contributed by atoms with Gasteiger partial charge in [0, 0.05) is 28.5 Å². The molecule has 0 unspecified atom stereocenters. The van der Waals surface area contributed by atoms with Crippen LogP contribution in [0.5, 0.6) is 11.5 Å². The first kappa shape index (κ1) is 22.7. The van der Waals surface area contributed by atoms with Gasteiger partial charge in [0.15, 0.2) is 18.1 Å². The minimum absolute atomic E-state index is 0.0257. The first-order valence-electron chi connectivity index (χ1n) is 11.0. The maximum atomic E-state index is 11.2. The molecule has 2 aliphatic rings. The van der Waals surface area contributed by atoms with Crippen molar-refractivity contribution >= 4 is 17.6 Å². The summed E-state index contributed by atoms with van der Waals surface area (Å²) in [6.45, 7) is 5.80. The van der Waals surface area contributed by atoms with Crippen LogP contribution < -0.4 is 9.47 Å². The molecule has 1 N–H and O–H groups in total. The third-order valence-electron chi connectivity index (χ3n) is 6.58. The maximum Gasteiger partial charge on any atom is 0.341 e. The summed E-state index contributed by atoms with van der Waals surface area (Å²) < 4.78 is 17.9. The molecule has 5 nitrogen and oxygen atoms in total. The summed E-state index contributed by atoms with van der Waals surface area (Å²) >= 11 is 6.41. The number of halogens is 1. The quantitative estimate of drug-likeness (QED) is 0.544. The number of fused-ring (bicyclic) bond motifs is 3. The van der Waals surface area contributed by atoms with E-state index in [9.17, 15) is 9.90 Å². The minimum Gasteiger partial charge on any atom is -0.493 e. The number of rotatable bonds is 6. The zero-order valence-corrected chi connectivity index (χ0v) is 19.2. The van der Waals surface area contributed by atoms with E-state index >= 15 is 0 Å². The molecule has 4 rings (SSSR count). The molecule has 0 spiro atoms. The molecule has 0 bridgehead atoms. The Labute approximate surface area is 193 Å². The van der Waals surface area contributed by atoms with E-state index < -0.39 is 12.6 Å². The highest BCUT2D eigenvalue weighted by molar-refractivity contribution is 6.30. The normalized spacial score (nSPS) is 24.6. The molecular formula is C26H29ClO5. The number of aryl methyl sites for hydroxylation is 1. The molecule has 1 saturated heterocycles. The fourth-order valence-corrected chi connectivity index (χ4v) is 5.35. The van der Waals surface area contributed by atoms with Crippen molar-refractivity contribution in [1.82, 2.24) is 0 Å². The van der Waals surface area contributed by atoms with E-state index in [0.29, 0.717) is 22.1 Å². The summed E-state index contributed by atoms with van der Waals surface area (Å²) in [5.41, 5.74) is 4.49. The number of hydrogen-bond acceptors (Lipinski definition) is 4. The van der Waals surface area contributed by atoms with Crippen LogP contribution >= 0.6 is 11.6 Å². The number of hydrogen-bond donors (Lipinski definition) is 1. The Morgan fingerprint density at radius 2 is 2.06 bits per heavy atom. The molecule has 0 radical (unpaired) electrons. The van der Waals surface area contributed by atoms with Gasteiger partial charge in [0.05, 0.1) is 19.3 Å².